The minimum absolute atomic E-state index is 0.104. The minimum Gasteiger partial charge on any atom is -0.392 e. The molecule has 1 aliphatic heterocycles. The van der Waals surface area contributed by atoms with E-state index in [0.29, 0.717) is 18.1 Å². The van der Waals surface area contributed by atoms with E-state index in [1.807, 2.05) is 0 Å². The van der Waals surface area contributed by atoms with Crippen molar-refractivity contribution in [2.45, 2.75) is 83.0 Å². The lowest BCUT2D eigenvalue weighted by Crippen LogP contribution is -2.61. The second-order valence-corrected chi connectivity index (χ2v) is 7.65. The Hall–Kier alpha value is -0.120. The molecule has 3 heteroatoms. The highest BCUT2D eigenvalue weighted by molar-refractivity contribution is 4.98. The van der Waals surface area contributed by atoms with Crippen LogP contribution in [0.15, 0.2) is 0 Å². The highest BCUT2D eigenvalue weighted by Crippen LogP contribution is 2.36. The molecule has 3 rings (SSSR count). The first kappa shape index (κ1) is 14.8. The summed E-state index contributed by atoms with van der Waals surface area (Å²) in [5.41, 5.74) is 0. The van der Waals surface area contributed by atoms with Gasteiger partial charge in [-0.05, 0) is 51.4 Å². The van der Waals surface area contributed by atoms with Gasteiger partial charge in [0, 0.05) is 31.2 Å². The van der Waals surface area contributed by atoms with Crippen molar-refractivity contribution in [1.29, 1.82) is 0 Å². The molecular weight excluding hydrogens is 248 g/mol. The molecule has 2 aliphatic carbocycles. The molecule has 4 atom stereocenters. The molecule has 3 fully saturated rings. The van der Waals surface area contributed by atoms with Crippen LogP contribution in [0.4, 0.5) is 0 Å². The topological polar surface area (TPSA) is 35.5 Å². The molecule has 3 nitrogen and oxygen atoms in total. The number of fused-ring (bicyclic) bond motifs is 2. The minimum atomic E-state index is -0.104. The van der Waals surface area contributed by atoms with Crippen LogP contribution in [-0.2, 0) is 0 Å². The zero-order valence-corrected chi connectivity index (χ0v) is 13.2. The zero-order chi connectivity index (χ0) is 14.1. The predicted molar refractivity (Wildman–Crippen MR) is 82.7 cm³/mol. The van der Waals surface area contributed by atoms with Gasteiger partial charge in [0.25, 0.3) is 0 Å². The lowest BCUT2D eigenvalue weighted by Gasteiger charge is -2.50. The van der Waals surface area contributed by atoms with Gasteiger partial charge in [0.05, 0.1) is 6.10 Å². The summed E-state index contributed by atoms with van der Waals surface area (Å²) in [6.45, 7) is 7.17. The van der Waals surface area contributed by atoms with E-state index in [2.05, 4.69) is 24.1 Å². The molecule has 2 bridgehead atoms. The van der Waals surface area contributed by atoms with E-state index in [1.165, 1.54) is 51.6 Å². The molecule has 2 saturated carbocycles. The summed E-state index contributed by atoms with van der Waals surface area (Å²) >= 11 is 0. The summed E-state index contributed by atoms with van der Waals surface area (Å²) in [6.07, 6.45) is 8.72. The summed E-state index contributed by atoms with van der Waals surface area (Å²) in [4.78, 5) is 2.67. The van der Waals surface area contributed by atoms with Crippen molar-refractivity contribution in [3.8, 4) is 0 Å². The largest absolute Gasteiger partial charge is 0.392 e. The van der Waals surface area contributed by atoms with E-state index in [0.717, 1.165) is 18.3 Å². The molecule has 2 N–H and O–H groups in total. The van der Waals surface area contributed by atoms with Crippen molar-refractivity contribution in [2.75, 3.05) is 13.1 Å². The Bertz CT molecular complexity index is 306. The number of aliphatic hydroxyl groups is 1. The Labute approximate surface area is 124 Å². The molecule has 20 heavy (non-hydrogen) atoms. The third-order valence-corrected chi connectivity index (χ3v) is 5.97. The second kappa shape index (κ2) is 6.33. The van der Waals surface area contributed by atoms with Crippen LogP contribution >= 0.6 is 0 Å². The Morgan fingerprint density at radius 3 is 2.20 bits per heavy atom. The van der Waals surface area contributed by atoms with Crippen LogP contribution < -0.4 is 5.32 Å². The van der Waals surface area contributed by atoms with Gasteiger partial charge < -0.3 is 15.3 Å². The van der Waals surface area contributed by atoms with Crippen LogP contribution in [-0.4, -0.2) is 47.3 Å². The Balaban J connectivity index is 1.64. The molecule has 0 aromatic carbocycles. The Morgan fingerprint density at radius 1 is 0.950 bits per heavy atom. The van der Waals surface area contributed by atoms with E-state index < -0.39 is 0 Å². The Morgan fingerprint density at radius 2 is 1.60 bits per heavy atom. The van der Waals surface area contributed by atoms with Crippen LogP contribution in [0.5, 0.6) is 0 Å². The van der Waals surface area contributed by atoms with E-state index in [1.54, 1.807) is 0 Å². The number of nitrogens with one attached hydrogen (secondary N) is 1. The first-order valence-corrected chi connectivity index (χ1v) is 8.83. The van der Waals surface area contributed by atoms with Crippen LogP contribution in [0.1, 0.15) is 58.8 Å². The highest BCUT2D eigenvalue weighted by atomic mass is 16.3. The van der Waals surface area contributed by atoms with Crippen molar-refractivity contribution in [1.82, 2.24) is 10.2 Å². The SMILES string of the molecule is CC(C)N1CC2CCCC(C1)C2NC1CCCCC1O. The standard InChI is InChI=1S/C17H32N2O/c1-12(2)19-10-13-6-5-7-14(11-19)17(13)18-15-8-3-4-9-16(15)20/h12-18,20H,3-11H2,1-2H3. The molecule has 116 valence electrons. The van der Waals surface area contributed by atoms with Crippen molar-refractivity contribution < 1.29 is 5.11 Å². The normalized spacial score (nSPS) is 42.9. The summed E-state index contributed by atoms with van der Waals surface area (Å²) in [5, 5.41) is 14.1. The zero-order valence-electron chi connectivity index (χ0n) is 13.2. The van der Waals surface area contributed by atoms with Gasteiger partial charge in [0.15, 0.2) is 0 Å². The monoisotopic (exact) mass is 280 g/mol. The third kappa shape index (κ3) is 3.05. The first-order valence-electron chi connectivity index (χ1n) is 8.83. The number of nitrogens with zero attached hydrogens (tertiary/aromatic N) is 1. The highest BCUT2D eigenvalue weighted by Gasteiger charge is 2.41. The number of hydrogen-bond acceptors (Lipinski definition) is 3. The van der Waals surface area contributed by atoms with E-state index in [4.69, 9.17) is 0 Å². The maximum Gasteiger partial charge on any atom is 0.0693 e. The van der Waals surface area contributed by atoms with Crippen molar-refractivity contribution in [3.63, 3.8) is 0 Å². The van der Waals surface area contributed by atoms with Gasteiger partial charge >= 0.3 is 0 Å². The molecule has 4 unspecified atom stereocenters. The smallest absolute Gasteiger partial charge is 0.0693 e. The molecule has 3 aliphatic rings. The van der Waals surface area contributed by atoms with Gasteiger partial charge in [-0.1, -0.05) is 19.3 Å². The third-order valence-electron chi connectivity index (χ3n) is 5.97. The lowest BCUT2D eigenvalue weighted by molar-refractivity contribution is 0.00590. The number of aliphatic hydroxyl groups excluding tert-OH is 1. The average Bonchev–Trinajstić information content (AvgIpc) is 2.40. The van der Waals surface area contributed by atoms with Gasteiger partial charge in [0.1, 0.15) is 0 Å². The predicted octanol–water partition coefficient (Wildman–Crippen LogP) is 2.39. The molecule has 0 aromatic rings. The summed E-state index contributed by atoms with van der Waals surface area (Å²) in [6, 6.07) is 1.71. The van der Waals surface area contributed by atoms with Crippen LogP contribution in [0.25, 0.3) is 0 Å². The molecule has 0 amide bonds. The van der Waals surface area contributed by atoms with E-state index in [9.17, 15) is 5.11 Å². The van der Waals surface area contributed by atoms with Crippen molar-refractivity contribution in [2.24, 2.45) is 11.8 Å². The van der Waals surface area contributed by atoms with Gasteiger partial charge in [-0.25, -0.2) is 0 Å². The van der Waals surface area contributed by atoms with Crippen LogP contribution in [0.2, 0.25) is 0 Å². The summed E-state index contributed by atoms with van der Waals surface area (Å²) in [7, 11) is 0. The van der Waals surface area contributed by atoms with E-state index in [-0.39, 0.29) is 6.10 Å². The van der Waals surface area contributed by atoms with Gasteiger partial charge in [-0.15, -0.1) is 0 Å². The van der Waals surface area contributed by atoms with Gasteiger partial charge in [-0.3, -0.25) is 0 Å². The van der Waals surface area contributed by atoms with Crippen molar-refractivity contribution in [3.05, 3.63) is 0 Å². The Kier molecular flexibility index (Phi) is 4.68. The molecule has 0 spiro atoms. The summed E-state index contributed by atoms with van der Waals surface area (Å²) < 4.78 is 0. The number of rotatable bonds is 3. The molecule has 0 radical (unpaired) electrons. The van der Waals surface area contributed by atoms with Crippen LogP contribution in [0, 0.1) is 11.8 Å². The molecule has 0 aromatic heterocycles. The second-order valence-electron chi connectivity index (χ2n) is 7.65. The maximum atomic E-state index is 10.2. The number of piperidine rings is 1. The lowest BCUT2D eigenvalue weighted by atomic mass is 9.72. The quantitative estimate of drug-likeness (QED) is 0.833. The molecule has 1 heterocycles. The fraction of sp³-hybridized carbons (Fsp3) is 1.00. The van der Waals surface area contributed by atoms with Gasteiger partial charge in [0.2, 0.25) is 0 Å². The molecular formula is C17H32N2O. The fourth-order valence-corrected chi connectivity index (χ4v) is 4.72. The van der Waals surface area contributed by atoms with E-state index >= 15 is 0 Å². The van der Waals surface area contributed by atoms with Crippen LogP contribution in [0.3, 0.4) is 0 Å². The van der Waals surface area contributed by atoms with Crippen molar-refractivity contribution >= 4 is 0 Å². The maximum absolute atomic E-state index is 10.2. The van der Waals surface area contributed by atoms with Gasteiger partial charge in [-0.2, -0.15) is 0 Å². The number of hydrogen-bond donors (Lipinski definition) is 2. The fourth-order valence-electron chi connectivity index (χ4n) is 4.72. The average molecular weight is 280 g/mol. The molecule has 1 saturated heterocycles. The first-order chi connectivity index (χ1) is 9.65. The number of likely N-dealkylation sites (tertiary alicyclic amines) is 1. The summed E-state index contributed by atoms with van der Waals surface area (Å²) in [5.74, 6) is 1.61.